The van der Waals surface area contributed by atoms with Crippen LogP contribution in [0.3, 0.4) is 0 Å². The minimum absolute atomic E-state index is 0.0466. The van der Waals surface area contributed by atoms with Crippen molar-refractivity contribution in [3.05, 3.63) is 76.4 Å². The van der Waals surface area contributed by atoms with Crippen LogP contribution in [0.4, 0.5) is 0 Å². The van der Waals surface area contributed by atoms with Crippen molar-refractivity contribution >= 4 is 23.4 Å². The van der Waals surface area contributed by atoms with Crippen LogP contribution in [0.2, 0.25) is 0 Å². The number of ketones is 2. The van der Waals surface area contributed by atoms with Gasteiger partial charge < -0.3 is 5.11 Å². The summed E-state index contributed by atoms with van der Waals surface area (Å²) in [6.45, 7) is 5.43. The van der Waals surface area contributed by atoms with Gasteiger partial charge in [0.05, 0.1) is 11.8 Å². The van der Waals surface area contributed by atoms with Crippen LogP contribution >= 0.6 is 0 Å². The van der Waals surface area contributed by atoms with Crippen LogP contribution in [0.25, 0.3) is 0 Å². The lowest BCUT2D eigenvalue weighted by atomic mass is 9.59. The molecule has 4 atom stereocenters. The molecule has 1 saturated carbocycles. The van der Waals surface area contributed by atoms with Crippen LogP contribution in [0.15, 0.2) is 65.3 Å². The minimum atomic E-state index is -0.637. The molecule has 0 radical (unpaired) electrons. The first-order valence-corrected chi connectivity index (χ1v) is 13.8. The summed E-state index contributed by atoms with van der Waals surface area (Å²) in [5.74, 6) is -2.54. The van der Waals surface area contributed by atoms with E-state index in [0.29, 0.717) is 40.7 Å². The summed E-state index contributed by atoms with van der Waals surface area (Å²) in [4.78, 5) is 55.9. The maximum Gasteiger partial charge on any atom is 0.233 e. The number of aromatic hydroxyl groups is 1. The Morgan fingerprint density at radius 2 is 1.82 bits per heavy atom. The number of Topliss-reactive ketones (excluding diaryl/α,β-unsaturated/α-hetero) is 1. The van der Waals surface area contributed by atoms with Crippen LogP contribution in [0.1, 0.15) is 68.9 Å². The molecule has 5 aliphatic rings. The van der Waals surface area contributed by atoms with Gasteiger partial charge in [0.25, 0.3) is 0 Å². The van der Waals surface area contributed by atoms with Crippen LogP contribution in [0, 0.1) is 17.8 Å². The van der Waals surface area contributed by atoms with E-state index in [4.69, 9.17) is 0 Å². The van der Waals surface area contributed by atoms with Crippen LogP contribution in [0.5, 0.6) is 5.75 Å². The molecule has 0 unspecified atom stereocenters. The number of imide groups is 1. The van der Waals surface area contributed by atoms with Gasteiger partial charge in [-0.05, 0) is 56.6 Å². The van der Waals surface area contributed by atoms with Crippen molar-refractivity contribution in [2.75, 3.05) is 0 Å². The Morgan fingerprint density at radius 3 is 2.55 bits per heavy atom. The molecule has 0 bridgehead atoms. The number of hydrogen-bond acceptors (Lipinski definition) is 5. The van der Waals surface area contributed by atoms with Crippen LogP contribution in [-0.2, 0) is 25.6 Å². The van der Waals surface area contributed by atoms with E-state index >= 15 is 0 Å². The van der Waals surface area contributed by atoms with Gasteiger partial charge in [0.2, 0.25) is 11.8 Å². The molecule has 1 aliphatic heterocycles. The largest absolute Gasteiger partial charge is 0.507 e. The number of nitrogens with zero attached hydrogens (tertiary/aromatic N) is 1. The van der Waals surface area contributed by atoms with E-state index in [1.165, 1.54) is 6.08 Å². The van der Waals surface area contributed by atoms with Gasteiger partial charge in [0.15, 0.2) is 11.6 Å². The lowest BCUT2D eigenvalue weighted by molar-refractivity contribution is -0.143. The smallest absolute Gasteiger partial charge is 0.233 e. The van der Waals surface area contributed by atoms with E-state index in [9.17, 15) is 24.3 Å². The summed E-state index contributed by atoms with van der Waals surface area (Å²) in [5, 5.41) is 11.3. The van der Waals surface area contributed by atoms with Gasteiger partial charge in [-0.25, -0.2) is 0 Å². The third kappa shape index (κ3) is 3.60. The molecule has 6 heteroatoms. The molecule has 0 aromatic heterocycles. The van der Waals surface area contributed by atoms with Gasteiger partial charge >= 0.3 is 0 Å². The van der Waals surface area contributed by atoms with Gasteiger partial charge in [0.1, 0.15) is 5.75 Å². The highest BCUT2D eigenvalue weighted by atomic mass is 16.3. The van der Waals surface area contributed by atoms with Gasteiger partial charge in [-0.2, -0.15) is 0 Å². The highest BCUT2D eigenvalue weighted by Gasteiger charge is 2.57. The number of hydrogen-bond donors (Lipinski definition) is 1. The van der Waals surface area contributed by atoms with Crippen molar-refractivity contribution in [2.45, 2.75) is 70.3 Å². The fourth-order valence-corrected chi connectivity index (χ4v) is 7.63. The summed E-state index contributed by atoms with van der Waals surface area (Å²) in [6.07, 6.45) is 11.1. The first kappa shape index (κ1) is 24.8. The number of likely N-dealkylation sites (tertiary alicyclic amines) is 1. The highest BCUT2D eigenvalue weighted by Crippen LogP contribution is 2.56. The molecule has 0 spiro atoms. The van der Waals surface area contributed by atoms with Gasteiger partial charge in [-0.15, -0.1) is 6.58 Å². The number of carbonyl (C=O) groups is 4. The van der Waals surface area contributed by atoms with E-state index < -0.39 is 17.8 Å². The molecule has 2 amide bonds. The Kier molecular flexibility index (Phi) is 6.09. The number of rotatable bonds is 4. The third-order valence-electron chi connectivity index (χ3n) is 9.36. The van der Waals surface area contributed by atoms with Gasteiger partial charge in [-0.3, -0.25) is 24.1 Å². The normalized spacial score (nSPS) is 29.6. The highest BCUT2D eigenvalue weighted by molar-refractivity contribution is 6.23. The summed E-state index contributed by atoms with van der Waals surface area (Å²) >= 11 is 0. The zero-order chi connectivity index (χ0) is 26.7. The lowest BCUT2D eigenvalue weighted by Crippen LogP contribution is -2.43. The Balaban J connectivity index is 1.48. The third-order valence-corrected chi connectivity index (χ3v) is 9.36. The number of benzene rings is 1. The number of allylic oxidation sites excluding steroid dienone is 7. The van der Waals surface area contributed by atoms with Crippen LogP contribution in [-0.4, -0.2) is 39.4 Å². The first-order chi connectivity index (χ1) is 18.3. The molecule has 196 valence electrons. The molecule has 1 aromatic rings. The maximum absolute atomic E-state index is 14.0. The minimum Gasteiger partial charge on any atom is -0.507 e. The second kappa shape index (κ2) is 9.33. The number of carbonyl (C=O) groups excluding carboxylic acids is 4. The molecule has 2 fully saturated rings. The molecule has 1 heterocycles. The van der Waals surface area contributed by atoms with Crippen molar-refractivity contribution < 1.29 is 24.3 Å². The van der Waals surface area contributed by atoms with E-state index in [0.717, 1.165) is 37.7 Å². The molecule has 4 aliphatic carbocycles. The molecule has 1 saturated heterocycles. The average Bonchev–Trinajstić information content (AvgIpc) is 3.18. The van der Waals surface area contributed by atoms with Crippen molar-refractivity contribution in [3.8, 4) is 5.75 Å². The van der Waals surface area contributed by atoms with E-state index in [1.54, 1.807) is 24.0 Å². The molecule has 6 nitrogen and oxygen atoms in total. The number of phenolic OH excluding ortho intramolecular Hbond substituents is 1. The molecule has 38 heavy (non-hydrogen) atoms. The Bertz CT molecular complexity index is 1370. The number of para-hydroxylation sites is 1. The topological polar surface area (TPSA) is 91.8 Å². The maximum atomic E-state index is 14.0. The SMILES string of the molecule is C=CCc1cccc([C@H]2C3=CC[C@@H]4C(=O)N(C5CCCCC5)C(=O)[C@@H]4[C@@H]3CC3=C2C(=O)C=C(C)C3=O)c1O. The predicted molar refractivity (Wildman–Crippen MR) is 142 cm³/mol. The second-order valence-electron chi connectivity index (χ2n) is 11.4. The van der Waals surface area contributed by atoms with Crippen molar-refractivity contribution in [3.63, 3.8) is 0 Å². The molecular formula is C32H33NO5. The quantitative estimate of drug-likeness (QED) is 0.353. The lowest BCUT2D eigenvalue weighted by Gasteiger charge is -2.42. The van der Waals surface area contributed by atoms with E-state index in [2.05, 4.69) is 6.58 Å². The molecule has 1 aromatic carbocycles. The number of phenols is 1. The Morgan fingerprint density at radius 1 is 1.05 bits per heavy atom. The fraction of sp³-hybridized carbons (Fsp3) is 0.438. The van der Waals surface area contributed by atoms with Crippen LogP contribution < -0.4 is 0 Å². The average molecular weight is 512 g/mol. The summed E-state index contributed by atoms with van der Waals surface area (Å²) in [6, 6.07) is 5.41. The molecule has 6 rings (SSSR count). The van der Waals surface area contributed by atoms with Crippen molar-refractivity contribution in [1.29, 1.82) is 0 Å². The monoisotopic (exact) mass is 511 g/mol. The summed E-state index contributed by atoms with van der Waals surface area (Å²) in [5.41, 5.74) is 3.32. The Labute approximate surface area is 222 Å². The van der Waals surface area contributed by atoms with E-state index in [1.807, 2.05) is 18.2 Å². The predicted octanol–water partition coefficient (Wildman–Crippen LogP) is 4.88. The Hall–Kier alpha value is -3.54. The number of fused-ring (bicyclic) bond motifs is 3. The van der Waals surface area contributed by atoms with Crippen molar-refractivity contribution in [1.82, 2.24) is 4.90 Å². The fourth-order valence-electron chi connectivity index (χ4n) is 7.63. The zero-order valence-corrected chi connectivity index (χ0v) is 21.7. The van der Waals surface area contributed by atoms with Gasteiger partial charge in [0, 0.05) is 34.2 Å². The van der Waals surface area contributed by atoms with E-state index in [-0.39, 0.29) is 47.5 Å². The molecule has 1 N–H and O–H groups in total. The van der Waals surface area contributed by atoms with Crippen molar-refractivity contribution in [2.24, 2.45) is 17.8 Å². The summed E-state index contributed by atoms with van der Waals surface area (Å²) < 4.78 is 0. The summed E-state index contributed by atoms with van der Waals surface area (Å²) in [7, 11) is 0. The molecular weight excluding hydrogens is 478 g/mol. The number of amides is 2. The standard InChI is InChI=1S/C32H33NO5/c1-3-8-18-9-7-12-21(30(18)36)26-20-13-14-22-27(32(38)33(31(22)37)19-10-5-4-6-11-19)23(20)16-24-28(26)25(34)15-17(2)29(24)35/h3,7,9,12-13,15,19,22-23,26-27,36H,1,4-6,8,10-11,14,16H2,2H3/t22-,23+,26+,27-/m0/s1. The zero-order valence-electron chi connectivity index (χ0n) is 21.7. The second-order valence-corrected chi connectivity index (χ2v) is 11.4. The van der Waals surface area contributed by atoms with Gasteiger partial charge in [-0.1, -0.05) is 55.2 Å². The first-order valence-electron chi connectivity index (χ1n) is 13.8.